The first-order valence-electron chi connectivity index (χ1n) is 2.20. The molecule has 1 aromatic rings. The lowest BCUT2D eigenvalue weighted by atomic mass is 10.4. The molecule has 0 atom stereocenters. The molecule has 0 aliphatic heterocycles. The zero-order valence-electron chi connectivity index (χ0n) is 5.70. The number of hydrogen-bond donors (Lipinski definition) is 0. The van der Waals surface area contributed by atoms with Crippen molar-refractivity contribution in [3.8, 4) is 0 Å². The fraction of sp³-hybridized carbons (Fsp3) is 0. The first-order valence-corrected chi connectivity index (χ1v) is 4.36. The maximum absolute atomic E-state index is 2.30. The maximum Gasteiger partial charge on any atom is 0.0140 e. The summed E-state index contributed by atoms with van der Waals surface area (Å²) in [5.41, 5.74) is 0. The summed E-state index contributed by atoms with van der Waals surface area (Å²) in [5.74, 6) is 0. The number of rotatable bonds is 0. The standard InChI is InChI=1S/C6H4I2.4FH/c7-5-2-1-3-6(8)4-5;;;;/h1-4H;4*1H. The molecule has 12 heavy (non-hydrogen) atoms. The largest absolute Gasteiger partial charge is 0.269 e. The Morgan fingerprint density at radius 2 is 1.08 bits per heavy atom. The first-order chi connectivity index (χ1) is 3.79. The summed E-state index contributed by atoms with van der Waals surface area (Å²) < 4.78 is 2.60. The minimum atomic E-state index is 0. The first kappa shape index (κ1) is 22.8. The van der Waals surface area contributed by atoms with Gasteiger partial charge in [0.15, 0.2) is 0 Å². The second-order valence-corrected chi connectivity index (χ2v) is 3.93. The van der Waals surface area contributed by atoms with E-state index in [1.807, 2.05) is 0 Å². The number of benzene rings is 1. The molecular weight excluding hydrogens is 402 g/mol. The Kier molecular flexibility index (Phi) is 21.7. The van der Waals surface area contributed by atoms with E-state index in [0.29, 0.717) is 0 Å². The van der Waals surface area contributed by atoms with Crippen molar-refractivity contribution in [2.45, 2.75) is 0 Å². The van der Waals surface area contributed by atoms with E-state index in [1.165, 1.54) is 7.14 Å². The highest BCUT2D eigenvalue weighted by molar-refractivity contribution is 14.1. The van der Waals surface area contributed by atoms with E-state index < -0.39 is 0 Å². The number of hydrogen-bond acceptors (Lipinski definition) is 0. The monoisotopic (exact) mass is 410 g/mol. The topological polar surface area (TPSA) is 0 Å². The molecule has 0 saturated carbocycles. The third kappa shape index (κ3) is 8.50. The van der Waals surface area contributed by atoms with Gasteiger partial charge in [0, 0.05) is 7.14 Å². The van der Waals surface area contributed by atoms with E-state index in [1.54, 1.807) is 0 Å². The normalized spacial score (nSPS) is 6.17. The fourth-order valence-corrected chi connectivity index (χ4v) is 2.14. The molecule has 0 aliphatic rings. The van der Waals surface area contributed by atoms with Gasteiger partial charge in [-0.2, -0.15) is 0 Å². The summed E-state index contributed by atoms with van der Waals surface area (Å²) in [7, 11) is 0. The average Bonchev–Trinajstić information content (AvgIpc) is 1.64. The van der Waals surface area contributed by atoms with Crippen molar-refractivity contribution in [1.29, 1.82) is 0 Å². The van der Waals surface area contributed by atoms with Gasteiger partial charge in [-0.3, -0.25) is 18.8 Å². The van der Waals surface area contributed by atoms with Crippen LogP contribution in [0.25, 0.3) is 0 Å². The van der Waals surface area contributed by atoms with Crippen LogP contribution in [0, 0.1) is 7.14 Å². The Bertz CT molecular complexity index is 177. The van der Waals surface area contributed by atoms with Crippen molar-refractivity contribution in [3.63, 3.8) is 0 Å². The lowest BCUT2D eigenvalue weighted by Gasteiger charge is -1.87. The Balaban J connectivity index is -0.0000000800. The van der Waals surface area contributed by atoms with Crippen molar-refractivity contribution < 1.29 is 18.8 Å². The molecule has 0 amide bonds. The molecule has 0 aromatic heterocycles. The molecule has 0 spiro atoms. The maximum atomic E-state index is 2.30. The molecule has 0 unspecified atom stereocenters. The van der Waals surface area contributed by atoms with Gasteiger partial charge >= 0.3 is 0 Å². The SMILES string of the molecule is F.F.F.F.Ic1cccc(I)c1. The zero-order chi connectivity index (χ0) is 5.98. The molecule has 1 rings (SSSR count). The Hall–Kier alpha value is 0.400. The van der Waals surface area contributed by atoms with Gasteiger partial charge in [0.25, 0.3) is 0 Å². The van der Waals surface area contributed by atoms with Crippen LogP contribution < -0.4 is 0 Å². The smallest absolute Gasteiger partial charge is 0.0140 e. The molecule has 0 fully saturated rings. The highest BCUT2D eigenvalue weighted by atomic mass is 127. The molecule has 6 heteroatoms. The van der Waals surface area contributed by atoms with Gasteiger partial charge in [-0.1, -0.05) is 6.07 Å². The summed E-state index contributed by atoms with van der Waals surface area (Å²) >= 11 is 4.60. The molecule has 0 radical (unpaired) electrons. The molecule has 0 nitrogen and oxygen atoms in total. The van der Waals surface area contributed by atoms with Gasteiger partial charge in [-0.05, 0) is 63.4 Å². The minimum Gasteiger partial charge on any atom is -0.269 e. The van der Waals surface area contributed by atoms with E-state index in [2.05, 4.69) is 69.4 Å². The Labute approximate surface area is 94.9 Å². The zero-order valence-corrected chi connectivity index (χ0v) is 10.0. The molecule has 1 aromatic carbocycles. The van der Waals surface area contributed by atoms with E-state index in [-0.39, 0.29) is 18.8 Å². The van der Waals surface area contributed by atoms with Crippen LogP contribution in [-0.2, 0) is 0 Å². The average molecular weight is 410 g/mol. The van der Waals surface area contributed by atoms with Crippen LogP contribution in [0.15, 0.2) is 24.3 Å². The van der Waals surface area contributed by atoms with E-state index in [4.69, 9.17) is 0 Å². The molecule has 0 bridgehead atoms. The summed E-state index contributed by atoms with van der Waals surface area (Å²) in [4.78, 5) is 0. The third-order valence-electron chi connectivity index (χ3n) is 0.787. The van der Waals surface area contributed by atoms with Gasteiger partial charge in [0.1, 0.15) is 0 Å². The summed E-state index contributed by atoms with van der Waals surface area (Å²) in [6.45, 7) is 0. The van der Waals surface area contributed by atoms with Crippen LogP contribution in [0.2, 0.25) is 0 Å². The van der Waals surface area contributed by atoms with Crippen LogP contribution >= 0.6 is 45.2 Å². The predicted molar refractivity (Wildman–Crippen MR) is 61.9 cm³/mol. The lowest BCUT2D eigenvalue weighted by Crippen LogP contribution is -1.69. The van der Waals surface area contributed by atoms with Gasteiger partial charge in [-0.25, -0.2) is 0 Å². The van der Waals surface area contributed by atoms with Gasteiger partial charge in [0.05, 0.1) is 0 Å². The quantitative estimate of drug-likeness (QED) is 0.454. The highest BCUT2D eigenvalue weighted by Crippen LogP contribution is 2.08. The van der Waals surface area contributed by atoms with Crippen molar-refractivity contribution in [3.05, 3.63) is 31.4 Å². The Morgan fingerprint density at radius 1 is 0.750 bits per heavy atom. The van der Waals surface area contributed by atoms with Crippen molar-refractivity contribution in [2.24, 2.45) is 0 Å². The van der Waals surface area contributed by atoms with E-state index in [0.717, 1.165) is 0 Å². The minimum absolute atomic E-state index is 0. The van der Waals surface area contributed by atoms with Crippen molar-refractivity contribution in [2.75, 3.05) is 0 Å². The fourth-order valence-electron chi connectivity index (χ4n) is 0.460. The lowest BCUT2D eigenvalue weighted by molar-refractivity contribution is 1.11. The van der Waals surface area contributed by atoms with Crippen LogP contribution in [0.5, 0.6) is 0 Å². The molecule has 0 heterocycles. The predicted octanol–water partition coefficient (Wildman–Crippen LogP) is 3.51. The van der Waals surface area contributed by atoms with Crippen LogP contribution in [0.3, 0.4) is 0 Å². The van der Waals surface area contributed by atoms with Gasteiger partial charge in [-0.15, -0.1) is 0 Å². The second-order valence-electron chi connectivity index (χ2n) is 1.44. The molecule has 0 N–H and O–H groups in total. The number of halogens is 6. The van der Waals surface area contributed by atoms with E-state index >= 15 is 0 Å². The van der Waals surface area contributed by atoms with Crippen molar-refractivity contribution in [1.82, 2.24) is 0 Å². The summed E-state index contributed by atoms with van der Waals surface area (Å²) in [6.07, 6.45) is 0. The Morgan fingerprint density at radius 3 is 1.25 bits per heavy atom. The van der Waals surface area contributed by atoms with Gasteiger partial charge < -0.3 is 0 Å². The summed E-state index contributed by atoms with van der Waals surface area (Å²) in [5, 5.41) is 0. The second kappa shape index (κ2) is 11.4. The summed E-state index contributed by atoms with van der Waals surface area (Å²) in [6, 6.07) is 8.37. The van der Waals surface area contributed by atoms with Gasteiger partial charge in [0.2, 0.25) is 0 Å². The molecular formula is C6H8F4I2. The third-order valence-corrected chi connectivity index (χ3v) is 2.13. The van der Waals surface area contributed by atoms with Crippen LogP contribution in [0.4, 0.5) is 18.8 Å². The molecule has 0 saturated heterocycles. The molecule has 74 valence electrons. The van der Waals surface area contributed by atoms with Crippen molar-refractivity contribution >= 4 is 45.2 Å². The molecule has 0 aliphatic carbocycles. The van der Waals surface area contributed by atoms with E-state index in [9.17, 15) is 0 Å². The van der Waals surface area contributed by atoms with Crippen LogP contribution in [0.1, 0.15) is 0 Å². The highest BCUT2D eigenvalue weighted by Gasteiger charge is 1.83. The van der Waals surface area contributed by atoms with Crippen LogP contribution in [-0.4, -0.2) is 0 Å².